The Bertz CT molecular complexity index is 879. The molecule has 26 heavy (non-hydrogen) atoms. The molecule has 0 bridgehead atoms. The van der Waals surface area contributed by atoms with Crippen LogP contribution in [0.25, 0.3) is 6.08 Å². The Balaban J connectivity index is 1.88. The Morgan fingerprint density at radius 1 is 1.12 bits per heavy atom. The second-order valence-corrected chi connectivity index (χ2v) is 6.62. The Kier molecular flexibility index (Phi) is 5.18. The highest BCUT2D eigenvalue weighted by Crippen LogP contribution is 2.38. The van der Waals surface area contributed by atoms with Crippen molar-refractivity contribution in [2.75, 3.05) is 14.2 Å². The van der Waals surface area contributed by atoms with Crippen molar-refractivity contribution in [3.05, 3.63) is 52.4 Å². The van der Waals surface area contributed by atoms with E-state index < -0.39 is 0 Å². The lowest BCUT2D eigenvalue weighted by molar-refractivity contribution is -0.115. The summed E-state index contributed by atoms with van der Waals surface area (Å²) in [7, 11) is 2.91. The molecule has 0 aromatic heterocycles. The van der Waals surface area contributed by atoms with Crippen LogP contribution >= 0.6 is 11.8 Å². The molecule has 0 spiro atoms. The van der Waals surface area contributed by atoms with Crippen molar-refractivity contribution >= 4 is 34.6 Å². The number of amidine groups is 1. The molecule has 3 rings (SSSR count). The number of hydrogen-bond acceptors (Lipinski definition) is 6. The second-order valence-electron chi connectivity index (χ2n) is 5.59. The second kappa shape index (κ2) is 7.53. The fraction of sp³-hybridized carbons (Fsp3) is 0.158. The van der Waals surface area contributed by atoms with Crippen LogP contribution in [0.2, 0.25) is 0 Å². The minimum Gasteiger partial charge on any atom is -0.502 e. The molecule has 134 valence electrons. The van der Waals surface area contributed by atoms with Gasteiger partial charge in [0.05, 0.1) is 24.8 Å². The van der Waals surface area contributed by atoms with Crippen LogP contribution in [0.1, 0.15) is 11.1 Å². The van der Waals surface area contributed by atoms with Gasteiger partial charge in [0, 0.05) is 0 Å². The molecule has 0 unspecified atom stereocenters. The summed E-state index contributed by atoms with van der Waals surface area (Å²) >= 11 is 1.25. The average molecular weight is 370 g/mol. The summed E-state index contributed by atoms with van der Waals surface area (Å²) in [6.07, 6.45) is 1.70. The molecule has 1 aliphatic rings. The quantitative estimate of drug-likeness (QED) is 0.804. The van der Waals surface area contributed by atoms with E-state index in [0.717, 1.165) is 11.3 Å². The highest BCUT2D eigenvalue weighted by molar-refractivity contribution is 8.18. The van der Waals surface area contributed by atoms with Crippen LogP contribution in [0.3, 0.4) is 0 Å². The van der Waals surface area contributed by atoms with Gasteiger partial charge in [0.15, 0.2) is 16.7 Å². The first-order valence-corrected chi connectivity index (χ1v) is 8.63. The number of phenolic OH excluding ortho intramolecular Hbond substituents is 1. The summed E-state index contributed by atoms with van der Waals surface area (Å²) in [5.41, 5.74) is 2.59. The van der Waals surface area contributed by atoms with Crippen LogP contribution < -0.4 is 14.8 Å². The maximum Gasteiger partial charge on any atom is 0.264 e. The molecule has 6 nitrogen and oxygen atoms in total. The number of amides is 1. The minimum absolute atomic E-state index is 0.0812. The number of methoxy groups -OCH3 is 2. The standard InChI is InChI=1S/C19H18N2O4S/c1-11-4-6-13(7-5-11)20-19-21-18(23)16(26-19)10-12-8-14(24-2)17(22)15(9-12)25-3/h4-10,22H,1-3H3,(H,20,21,23)/b16-10+. The first-order valence-electron chi connectivity index (χ1n) is 7.81. The summed E-state index contributed by atoms with van der Waals surface area (Å²) in [4.78, 5) is 17.1. The summed E-state index contributed by atoms with van der Waals surface area (Å²) < 4.78 is 10.3. The van der Waals surface area contributed by atoms with Gasteiger partial charge in [-0.2, -0.15) is 0 Å². The third-order valence-electron chi connectivity index (χ3n) is 3.72. The first-order chi connectivity index (χ1) is 12.5. The summed E-state index contributed by atoms with van der Waals surface area (Å²) in [5, 5.41) is 13.2. The molecule has 1 heterocycles. The summed E-state index contributed by atoms with van der Waals surface area (Å²) in [5.74, 6) is 0.232. The van der Waals surface area contributed by atoms with Gasteiger partial charge in [-0.25, -0.2) is 4.99 Å². The lowest BCUT2D eigenvalue weighted by Crippen LogP contribution is -2.19. The molecule has 2 aromatic carbocycles. The third kappa shape index (κ3) is 3.83. The molecule has 0 aliphatic carbocycles. The van der Waals surface area contributed by atoms with Crippen molar-refractivity contribution in [2.45, 2.75) is 6.92 Å². The van der Waals surface area contributed by atoms with Gasteiger partial charge in [0.2, 0.25) is 5.75 Å². The summed E-state index contributed by atoms with van der Waals surface area (Å²) in [6.45, 7) is 2.00. The van der Waals surface area contributed by atoms with Crippen molar-refractivity contribution in [3.8, 4) is 17.2 Å². The van der Waals surface area contributed by atoms with Gasteiger partial charge < -0.3 is 19.9 Å². The van der Waals surface area contributed by atoms with E-state index >= 15 is 0 Å². The van der Waals surface area contributed by atoms with E-state index in [1.807, 2.05) is 31.2 Å². The number of rotatable bonds is 4. The van der Waals surface area contributed by atoms with E-state index in [1.165, 1.54) is 26.0 Å². The summed E-state index contributed by atoms with van der Waals surface area (Å²) in [6, 6.07) is 11.0. The SMILES string of the molecule is COc1cc(/C=C2/SC(=Nc3ccc(C)cc3)NC2=O)cc(OC)c1O. The number of thioether (sulfide) groups is 1. The molecule has 0 saturated carbocycles. The van der Waals surface area contributed by atoms with E-state index in [9.17, 15) is 9.90 Å². The number of aromatic hydroxyl groups is 1. The Morgan fingerprint density at radius 2 is 1.73 bits per heavy atom. The maximum atomic E-state index is 12.2. The van der Waals surface area contributed by atoms with Gasteiger partial charge >= 0.3 is 0 Å². The number of benzene rings is 2. The molecule has 0 atom stereocenters. The van der Waals surface area contributed by atoms with Crippen LogP contribution in [-0.4, -0.2) is 30.4 Å². The van der Waals surface area contributed by atoms with E-state index in [1.54, 1.807) is 18.2 Å². The van der Waals surface area contributed by atoms with Crippen LogP contribution in [0.5, 0.6) is 17.2 Å². The number of hydrogen-bond donors (Lipinski definition) is 2. The molecule has 1 aliphatic heterocycles. The van der Waals surface area contributed by atoms with E-state index in [-0.39, 0.29) is 23.2 Å². The average Bonchev–Trinajstić information content (AvgIpc) is 2.97. The normalized spacial score (nSPS) is 16.8. The van der Waals surface area contributed by atoms with Crippen molar-refractivity contribution in [2.24, 2.45) is 4.99 Å². The Morgan fingerprint density at radius 3 is 2.31 bits per heavy atom. The van der Waals surface area contributed by atoms with Gasteiger partial charge in [-0.15, -0.1) is 0 Å². The van der Waals surface area contributed by atoms with Crippen LogP contribution in [0, 0.1) is 6.92 Å². The zero-order valence-electron chi connectivity index (χ0n) is 14.6. The number of carbonyl (C=O) groups excluding carboxylic acids is 1. The molecule has 1 amide bonds. The number of nitrogens with one attached hydrogen (secondary N) is 1. The van der Waals surface area contributed by atoms with E-state index in [4.69, 9.17) is 9.47 Å². The van der Waals surface area contributed by atoms with E-state index in [0.29, 0.717) is 15.6 Å². The van der Waals surface area contributed by atoms with Gasteiger partial charge in [-0.1, -0.05) is 17.7 Å². The van der Waals surface area contributed by atoms with Crippen molar-refractivity contribution in [1.82, 2.24) is 5.32 Å². The first kappa shape index (κ1) is 17.9. The molecule has 2 aromatic rings. The molecule has 2 N–H and O–H groups in total. The third-order valence-corrected chi connectivity index (χ3v) is 4.63. The molecule has 1 saturated heterocycles. The van der Waals surface area contributed by atoms with Crippen molar-refractivity contribution in [1.29, 1.82) is 0 Å². The van der Waals surface area contributed by atoms with E-state index in [2.05, 4.69) is 10.3 Å². The Hall–Kier alpha value is -2.93. The molecule has 7 heteroatoms. The zero-order valence-corrected chi connectivity index (χ0v) is 15.4. The largest absolute Gasteiger partial charge is 0.502 e. The fourth-order valence-corrected chi connectivity index (χ4v) is 3.21. The predicted molar refractivity (Wildman–Crippen MR) is 103 cm³/mol. The zero-order chi connectivity index (χ0) is 18.7. The number of phenols is 1. The smallest absolute Gasteiger partial charge is 0.264 e. The topological polar surface area (TPSA) is 80.2 Å². The number of nitrogens with zero attached hydrogens (tertiary/aromatic N) is 1. The maximum absolute atomic E-state index is 12.2. The molecular weight excluding hydrogens is 352 g/mol. The van der Waals surface area contributed by atoms with Crippen LogP contribution in [-0.2, 0) is 4.79 Å². The van der Waals surface area contributed by atoms with Crippen molar-refractivity contribution in [3.63, 3.8) is 0 Å². The van der Waals surface area contributed by atoms with Crippen LogP contribution in [0.15, 0.2) is 46.3 Å². The molecular formula is C19H18N2O4S. The number of ether oxygens (including phenoxy) is 2. The van der Waals surface area contributed by atoms with Crippen LogP contribution in [0.4, 0.5) is 5.69 Å². The molecule has 1 fully saturated rings. The van der Waals surface area contributed by atoms with Gasteiger partial charge in [0.25, 0.3) is 5.91 Å². The van der Waals surface area contributed by atoms with Gasteiger partial charge in [-0.05, 0) is 54.6 Å². The van der Waals surface area contributed by atoms with Gasteiger partial charge in [-0.3, -0.25) is 4.79 Å². The van der Waals surface area contributed by atoms with Crippen molar-refractivity contribution < 1.29 is 19.4 Å². The monoisotopic (exact) mass is 370 g/mol. The fourth-order valence-electron chi connectivity index (χ4n) is 2.37. The molecule has 0 radical (unpaired) electrons. The lowest BCUT2D eigenvalue weighted by atomic mass is 10.1. The number of aliphatic imine (C=N–C) groups is 1. The number of carbonyl (C=O) groups is 1. The number of aryl methyl sites for hydroxylation is 1. The van der Waals surface area contributed by atoms with Gasteiger partial charge in [0.1, 0.15) is 0 Å². The lowest BCUT2D eigenvalue weighted by Gasteiger charge is -2.09. The predicted octanol–water partition coefficient (Wildman–Crippen LogP) is 3.61. The Labute approximate surface area is 155 Å². The minimum atomic E-state index is -0.230. The highest BCUT2D eigenvalue weighted by Gasteiger charge is 2.24. The highest BCUT2D eigenvalue weighted by atomic mass is 32.2.